The van der Waals surface area contributed by atoms with Crippen molar-refractivity contribution in [1.82, 2.24) is 5.06 Å². The van der Waals surface area contributed by atoms with Crippen LogP contribution in [0.3, 0.4) is 0 Å². The van der Waals surface area contributed by atoms with E-state index in [-0.39, 0.29) is 6.42 Å². The Morgan fingerprint density at radius 1 is 1.64 bits per heavy atom. The van der Waals surface area contributed by atoms with E-state index in [1.54, 1.807) is 6.92 Å². The van der Waals surface area contributed by atoms with E-state index in [4.69, 9.17) is 4.89 Å². The largest absolute Gasteiger partial charge is 0.376 e. The SMILES string of the molecule is CCC(C)(O)N(OP(C)(=O)O)C(C)O. The third-order valence-corrected chi connectivity index (χ3v) is 2.20. The summed E-state index contributed by atoms with van der Waals surface area (Å²) < 4.78 is 15.6. The van der Waals surface area contributed by atoms with Crippen molar-refractivity contribution in [3.05, 3.63) is 0 Å². The van der Waals surface area contributed by atoms with Gasteiger partial charge in [-0.3, -0.25) is 4.57 Å². The fourth-order valence-corrected chi connectivity index (χ4v) is 1.52. The monoisotopic (exact) mass is 227 g/mol. The zero-order valence-corrected chi connectivity index (χ0v) is 9.73. The minimum atomic E-state index is -3.78. The zero-order chi connectivity index (χ0) is 11.6. The van der Waals surface area contributed by atoms with E-state index in [0.717, 1.165) is 6.66 Å². The van der Waals surface area contributed by atoms with Gasteiger partial charge in [-0.25, -0.2) is 4.62 Å². The van der Waals surface area contributed by atoms with Crippen LogP contribution in [0.5, 0.6) is 0 Å². The molecule has 0 aromatic rings. The first-order valence-corrected chi connectivity index (χ1v) is 6.32. The van der Waals surface area contributed by atoms with Gasteiger partial charge in [0.1, 0.15) is 12.0 Å². The van der Waals surface area contributed by atoms with Crippen LogP contribution >= 0.6 is 7.60 Å². The van der Waals surface area contributed by atoms with Crippen molar-refractivity contribution in [2.45, 2.75) is 39.1 Å². The second-order valence-electron chi connectivity index (χ2n) is 3.41. The Hall–Kier alpha value is 0.0300. The van der Waals surface area contributed by atoms with Gasteiger partial charge in [0.25, 0.3) is 0 Å². The van der Waals surface area contributed by atoms with E-state index in [1.165, 1.54) is 13.8 Å². The number of nitrogens with zero attached hydrogens (tertiary/aromatic N) is 1. The van der Waals surface area contributed by atoms with Crippen molar-refractivity contribution in [2.75, 3.05) is 6.66 Å². The maximum atomic E-state index is 11.0. The van der Waals surface area contributed by atoms with Gasteiger partial charge in [0, 0.05) is 6.66 Å². The molecule has 0 spiro atoms. The van der Waals surface area contributed by atoms with Gasteiger partial charge in [-0.2, -0.15) is 0 Å². The Labute approximate surface area is 83.6 Å². The molecule has 3 unspecified atom stereocenters. The molecule has 0 heterocycles. The van der Waals surface area contributed by atoms with E-state index in [0.29, 0.717) is 5.06 Å². The molecule has 86 valence electrons. The van der Waals surface area contributed by atoms with Crippen LogP contribution in [0.1, 0.15) is 27.2 Å². The van der Waals surface area contributed by atoms with E-state index in [2.05, 4.69) is 4.62 Å². The Bertz CT molecular complexity index is 224. The number of aliphatic hydroxyl groups is 2. The average molecular weight is 227 g/mol. The predicted octanol–water partition coefficient (Wildman–Crippen LogP) is 0.492. The molecule has 0 fully saturated rings. The molecule has 0 radical (unpaired) electrons. The fraction of sp³-hybridized carbons (Fsp3) is 1.00. The Morgan fingerprint density at radius 2 is 2.07 bits per heavy atom. The minimum absolute atomic E-state index is 0.248. The topological polar surface area (TPSA) is 90.2 Å². The molecule has 0 bridgehead atoms. The van der Waals surface area contributed by atoms with Crippen molar-refractivity contribution in [3.8, 4) is 0 Å². The molecule has 0 aliphatic carbocycles. The third-order valence-electron chi connectivity index (χ3n) is 1.72. The average Bonchev–Trinajstić information content (AvgIpc) is 1.98. The number of aliphatic hydroxyl groups excluding tert-OH is 1. The first-order chi connectivity index (χ1) is 6.10. The lowest BCUT2D eigenvalue weighted by molar-refractivity contribution is -0.293. The van der Waals surface area contributed by atoms with E-state index in [9.17, 15) is 14.8 Å². The highest BCUT2D eigenvalue weighted by molar-refractivity contribution is 7.51. The summed E-state index contributed by atoms with van der Waals surface area (Å²) in [5, 5.41) is 19.7. The van der Waals surface area contributed by atoms with Gasteiger partial charge in [-0.1, -0.05) is 6.92 Å². The summed E-state index contributed by atoms with van der Waals surface area (Å²) in [7, 11) is -3.78. The van der Waals surface area contributed by atoms with Gasteiger partial charge < -0.3 is 15.1 Å². The summed E-state index contributed by atoms with van der Waals surface area (Å²) in [4.78, 5) is 8.97. The van der Waals surface area contributed by atoms with Crippen molar-refractivity contribution in [2.24, 2.45) is 0 Å². The lowest BCUT2D eigenvalue weighted by atomic mass is 10.2. The molecule has 6 nitrogen and oxygen atoms in total. The lowest BCUT2D eigenvalue weighted by Crippen LogP contribution is -2.49. The van der Waals surface area contributed by atoms with Crippen LogP contribution in [0.15, 0.2) is 0 Å². The smallest absolute Gasteiger partial charge is 0.341 e. The lowest BCUT2D eigenvalue weighted by Gasteiger charge is -2.36. The molecular weight excluding hydrogens is 209 g/mol. The molecule has 14 heavy (non-hydrogen) atoms. The number of rotatable bonds is 5. The summed E-state index contributed by atoms with van der Waals surface area (Å²) in [6.45, 7) is 5.36. The maximum Gasteiger partial charge on any atom is 0.341 e. The van der Waals surface area contributed by atoms with Crippen LogP contribution in [0.4, 0.5) is 0 Å². The van der Waals surface area contributed by atoms with Crippen LogP contribution in [-0.2, 0) is 9.19 Å². The highest BCUT2D eigenvalue weighted by Crippen LogP contribution is 2.40. The third kappa shape index (κ3) is 4.50. The van der Waals surface area contributed by atoms with Crippen LogP contribution < -0.4 is 0 Å². The molecule has 0 aliphatic rings. The van der Waals surface area contributed by atoms with Gasteiger partial charge in [0.15, 0.2) is 0 Å². The Balaban J connectivity index is 4.71. The molecule has 0 saturated heterocycles. The summed E-state index contributed by atoms with van der Waals surface area (Å²) in [6, 6.07) is 0. The molecule has 0 rings (SSSR count). The molecule has 3 atom stereocenters. The van der Waals surface area contributed by atoms with Gasteiger partial charge in [0.05, 0.1) is 0 Å². The molecule has 3 N–H and O–H groups in total. The summed E-state index contributed by atoms with van der Waals surface area (Å²) in [5.74, 6) is 0. The Morgan fingerprint density at radius 3 is 2.29 bits per heavy atom. The van der Waals surface area contributed by atoms with E-state index >= 15 is 0 Å². The number of hydrogen-bond donors (Lipinski definition) is 3. The Kier molecular flexibility index (Phi) is 4.71. The number of hydroxylamine groups is 2. The molecule has 0 aliphatic heterocycles. The van der Waals surface area contributed by atoms with Crippen LogP contribution in [0, 0.1) is 0 Å². The minimum Gasteiger partial charge on any atom is -0.376 e. The van der Waals surface area contributed by atoms with Crippen LogP contribution in [0.25, 0.3) is 0 Å². The second kappa shape index (κ2) is 4.70. The molecule has 0 amide bonds. The van der Waals surface area contributed by atoms with Gasteiger partial charge in [0.2, 0.25) is 0 Å². The summed E-state index contributed by atoms with van der Waals surface area (Å²) in [5.41, 5.74) is -1.48. The normalized spacial score (nSPS) is 22.9. The van der Waals surface area contributed by atoms with Gasteiger partial charge >= 0.3 is 7.60 Å². The highest BCUT2D eigenvalue weighted by Gasteiger charge is 2.35. The molecule has 7 heteroatoms. The molecule has 0 saturated carbocycles. The number of hydrogen-bond acceptors (Lipinski definition) is 5. The second-order valence-corrected chi connectivity index (χ2v) is 5.18. The molecule has 0 aromatic carbocycles. The van der Waals surface area contributed by atoms with Crippen LogP contribution in [-0.4, -0.2) is 38.8 Å². The zero-order valence-electron chi connectivity index (χ0n) is 8.84. The standard InChI is InChI=1S/C7H18NO5P/c1-5-7(3,10)8(6(2)9)13-14(4,11)12/h6,9-10H,5H2,1-4H3,(H,11,12). The van der Waals surface area contributed by atoms with Crippen molar-refractivity contribution in [3.63, 3.8) is 0 Å². The quantitative estimate of drug-likeness (QED) is 0.360. The molecular formula is C7H18NO5P. The summed E-state index contributed by atoms with van der Waals surface area (Å²) in [6.07, 6.45) is -0.928. The van der Waals surface area contributed by atoms with Gasteiger partial charge in [-0.05, 0) is 20.3 Å². The van der Waals surface area contributed by atoms with Crippen molar-refractivity contribution >= 4 is 7.60 Å². The first-order valence-electron chi connectivity index (χ1n) is 4.30. The van der Waals surface area contributed by atoms with Gasteiger partial charge in [-0.15, -0.1) is 5.06 Å². The van der Waals surface area contributed by atoms with E-state index < -0.39 is 19.5 Å². The molecule has 0 aromatic heterocycles. The fourth-order valence-electron chi connectivity index (χ4n) is 0.878. The summed E-state index contributed by atoms with van der Waals surface area (Å²) >= 11 is 0. The van der Waals surface area contributed by atoms with Crippen LogP contribution in [0.2, 0.25) is 0 Å². The maximum absolute atomic E-state index is 11.0. The van der Waals surface area contributed by atoms with Crippen molar-refractivity contribution < 1.29 is 24.3 Å². The first kappa shape index (κ1) is 14.0. The predicted molar refractivity (Wildman–Crippen MR) is 51.3 cm³/mol. The van der Waals surface area contributed by atoms with Crippen molar-refractivity contribution in [1.29, 1.82) is 0 Å². The van der Waals surface area contributed by atoms with E-state index in [1.807, 2.05) is 0 Å². The highest BCUT2D eigenvalue weighted by atomic mass is 31.2.